The van der Waals surface area contributed by atoms with Crippen LogP contribution in [0, 0.1) is 52.8 Å². The number of carbonyl (C=O) groups is 6. The molecule has 15 unspecified atom stereocenters. The standard InChI is InChI=1S/C59H95NO14/c1-14-45-29-37(3)23-24-43(9)59(11,70)54(66)55(67)60-27-19-18-22-46(60)56(68)73-49(40(6)31-44-25-26-48(50(32-44)71-12)74-57(69)58(10,34-61)35-62)33-47(63)39(5)30-42(8)52(65)53(72-13)51(64)41(7)28-36(2)20-16-15-17-21-38(45)4/h15-17,20-21,30,36-37,39-41,43-46,48-50,52-53,61-62,65,70H,14,18-19,22-29,31-35H2,1-13H3/b17-15+,20-16+,38-21?,42-30+. The number of hydrogen-bond acceptors (Lipinski definition) is 14. The van der Waals surface area contributed by atoms with Gasteiger partial charge in [-0.2, -0.15) is 0 Å². The SMILES string of the molecule is CCC1CC(C)CCC(C)C(C)(O)C(=O)C(=O)N2CCCCC2C(=O)OC(C(C)CC2CCC(OC(=O)C(C)(CO)CO)C(OC)C2)CC(=O)C(C)/C=C(\C)C(O)C(OC)C(=O)C(C)CC(C)/C=C/C=C/C=C1C. The number of ketones is 3. The summed E-state index contributed by atoms with van der Waals surface area (Å²) in [4.78, 5) is 85.1. The minimum atomic E-state index is -2.00. The summed E-state index contributed by atoms with van der Waals surface area (Å²) in [6, 6.07) is -1.14. The molecule has 2 heterocycles. The van der Waals surface area contributed by atoms with E-state index in [1.165, 1.54) is 38.5 Å². The molecule has 2 aliphatic heterocycles. The van der Waals surface area contributed by atoms with Crippen LogP contribution in [0.2, 0.25) is 0 Å². The Kier molecular flexibility index (Phi) is 26.3. The van der Waals surface area contributed by atoms with Crippen LogP contribution in [0.15, 0.2) is 47.6 Å². The molecule has 1 saturated carbocycles. The number of rotatable bonds is 10. The average molecular weight is 1040 g/mol. The molecule has 0 spiro atoms. The highest BCUT2D eigenvalue weighted by Crippen LogP contribution is 2.37. The summed E-state index contributed by atoms with van der Waals surface area (Å²) in [7, 11) is 2.89. The van der Waals surface area contributed by atoms with Gasteiger partial charge in [0.25, 0.3) is 11.7 Å². The number of cyclic esters (lactones) is 1. The zero-order valence-corrected chi connectivity index (χ0v) is 47.2. The first-order chi connectivity index (χ1) is 34.8. The fourth-order valence-corrected chi connectivity index (χ4v) is 10.9. The molecule has 74 heavy (non-hydrogen) atoms. The molecule has 3 aliphatic rings. The Labute approximate surface area is 442 Å². The Morgan fingerprint density at radius 1 is 0.878 bits per heavy atom. The summed E-state index contributed by atoms with van der Waals surface area (Å²) in [6.07, 6.45) is 13.7. The smallest absolute Gasteiger partial charge is 0.329 e. The molecule has 15 atom stereocenters. The molecule has 0 aromatic heterocycles. The first-order valence-electron chi connectivity index (χ1n) is 27.5. The first kappa shape index (κ1) is 64.4. The van der Waals surface area contributed by atoms with E-state index in [0.29, 0.717) is 62.9 Å². The molecule has 0 bridgehead atoms. The number of hydrogen-bond donors (Lipinski definition) is 4. The number of amides is 1. The van der Waals surface area contributed by atoms with Crippen molar-refractivity contribution in [1.82, 2.24) is 4.90 Å². The Morgan fingerprint density at radius 3 is 2.18 bits per heavy atom. The Hall–Kier alpha value is -3.86. The lowest BCUT2D eigenvalue weighted by atomic mass is 9.78. The van der Waals surface area contributed by atoms with Gasteiger partial charge in [0.15, 0.2) is 5.78 Å². The lowest BCUT2D eigenvalue weighted by Crippen LogP contribution is -2.57. The maximum Gasteiger partial charge on any atom is 0.329 e. The molecule has 0 aromatic rings. The normalized spacial score (nSPS) is 36.0. The van der Waals surface area contributed by atoms with Crippen LogP contribution in [0.25, 0.3) is 0 Å². The fraction of sp³-hybridized carbons (Fsp3) is 0.763. The number of Topliss-reactive ketones (excluding diaryl/α,β-unsaturated/α-hetero) is 3. The minimum absolute atomic E-state index is 0.0207. The van der Waals surface area contributed by atoms with Crippen molar-refractivity contribution < 1.29 is 68.1 Å². The second kappa shape index (κ2) is 30.2. The van der Waals surface area contributed by atoms with Gasteiger partial charge < -0.3 is 44.3 Å². The molecule has 0 aromatic carbocycles. The van der Waals surface area contributed by atoms with E-state index in [-0.39, 0.29) is 48.7 Å². The Morgan fingerprint density at radius 2 is 1.55 bits per heavy atom. The number of aliphatic hydroxyl groups excluding tert-OH is 3. The molecule has 4 N–H and O–H groups in total. The van der Waals surface area contributed by atoms with E-state index < -0.39 is 108 Å². The van der Waals surface area contributed by atoms with Crippen LogP contribution in [0.4, 0.5) is 0 Å². The third-order valence-electron chi connectivity index (χ3n) is 16.7. The molecule has 1 saturated heterocycles. The van der Waals surface area contributed by atoms with E-state index in [2.05, 4.69) is 26.8 Å². The van der Waals surface area contributed by atoms with Gasteiger partial charge in [-0.1, -0.05) is 96.9 Å². The van der Waals surface area contributed by atoms with Gasteiger partial charge in [-0.15, -0.1) is 0 Å². The van der Waals surface area contributed by atoms with Gasteiger partial charge >= 0.3 is 11.9 Å². The van der Waals surface area contributed by atoms with E-state index in [9.17, 15) is 49.2 Å². The van der Waals surface area contributed by atoms with Gasteiger partial charge in [-0.3, -0.25) is 24.0 Å². The predicted octanol–water partition coefficient (Wildman–Crippen LogP) is 8.03. The molecule has 3 rings (SSSR count). The molecule has 1 aliphatic carbocycles. The molecule has 1 amide bonds. The number of aliphatic hydroxyl groups is 4. The molecule has 15 heteroatoms. The van der Waals surface area contributed by atoms with E-state index >= 15 is 0 Å². The maximum absolute atomic E-state index is 14.5. The third-order valence-corrected chi connectivity index (χ3v) is 16.7. The molecule has 2 fully saturated rings. The third kappa shape index (κ3) is 17.9. The summed E-state index contributed by atoms with van der Waals surface area (Å²) in [5.41, 5.74) is -1.88. The molecular formula is C59H95NO14. The van der Waals surface area contributed by atoms with Gasteiger partial charge in [0.05, 0.1) is 19.3 Å². The second-order valence-corrected chi connectivity index (χ2v) is 23.0. The van der Waals surface area contributed by atoms with Gasteiger partial charge in [0.2, 0.25) is 0 Å². The number of ether oxygens (including phenoxy) is 4. The highest BCUT2D eigenvalue weighted by Gasteiger charge is 2.46. The van der Waals surface area contributed by atoms with Crippen molar-refractivity contribution in [3.8, 4) is 0 Å². The van der Waals surface area contributed by atoms with Crippen molar-refractivity contribution in [3.05, 3.63) is 47.6 Å². The Balaban J connectivity index is 2.01. The van der Waals surface area contributed by atoms with Crippen LogP contribution in [-0.4, -0.2) is 137 Å². The zero-order chi connectivity index (χ0) is 55.7. The van der Waals surface area contributed by atoms with Crippen molar-refractivity contribution >= 4 is 35.2 Å². The number of allylic oxidation sites excluding steroid dienone is 7. The van der Waals surface area contributed by atoms with Gasteiger partial charge in [-0.25, -0.2) is 4.79 Å². The highest BCUT2D eigenvalue weighted by molar-refractivity contribution is 6.39. The van der Waals surface area contributed by atoms with Crippen molar-refractivity contribution in [2.75, 3.05) is 34.0 Å². The van der Waals surface area contributed by atoms with Crippen molar-refractivity contribution in [3.63, 3.8) is 0 Å². The van der Waals surface area contributed by atoms with Crippen molar-refractivity contribution in [2.45, 2.75) is 202 Å². The van der Waals surface area contributed by atoms with Crippen molar-refractivity contribution in [1.29, 1.82) is 0 Å². The van der Waals surface area contributed by atoms with E-state index in [4.69, 9.17) is 18.9 Å². The summed E-state index contributed by atoms with van der Waals surface area (Å²) in [6.45, 7) is 19.0. The summed E-state index contributed by atoms with van der Waals surface area (Å²) < 4.78 is 23.5. The molecule has 15 nitrogen and oxygen atoms in total. The average Bonchev–Trinajstić information content (AvgIpc) is 3.38. The second-order valence-electron chi connectivity index (χ2n) is 23.0. The maximum atomic E-state index is 14.5. The van der Waals surface area contributed by atoms with Crippen LogP contribution in [0.5, 0.6) is 0 Å². The number of nitrogens with zero attached hydrogens (tertiary/aromatic N) is 1. The van der Waals surface area contributed by atoms with Gasteiger partial charge in [0, 0.05) is 39.0 Å². The van der Waals surface area contributed by atoms with Gasteiger partial charge in [0.1, 0.15) is 47.3 Å². The van der Waals surface area contributed by atoms with Crippen LogP contribution < -0.4 is 0 Å². The van der Waals surface area contributed by atoms with Crippen LogP contribution in [0.3, 0.4) is 0 Å². The summed E-state index contributed by atoms with van der Waals surface area (Å²) in [5, 5.41) is 42.9. The Bertz CT molecular complexity index is 1980. The fourth-order valence-electron chi connectivity index (χ4n) is 10.9. The first-order valence-corrected chi connectivity index (χ1v) is 27.5. The zero-order valence-electron chi connectivity index (χ0n) is 47.2. The quantitative estimate of drug-likeness (QED) is 0.0924. The summed E-state index contributed by atoms with van der Waals surface area (Å²) in [5.74, 6) is -5.59. The molecule has 0 radical (unpaired) electrons. The molecular weight excluding hydrogens is 947 g/mol. The topological polar surface area (TPSA) is 223 Å². The largest absolute Gasteiger partial charge is 0.460 e. The van der Waals surface area contributed by atoms with Crippen LogP contribution in [-0.2, 0) is 47.7 Å². The predicted molar refractivity (Wildman–Crippen MR) is 284 cm³/mol. The lowest BCUT2D eigenvalue weighted by Gasteiger charge is -2.39. The van der Waals surface area contributed by atoms with Gasteiger partial charge in [-0.05, 0) is 139 Å². The van der Waals surface area contributed by atoms with E-state index in [1.54, 1.807) is 26.8 Å². The number of esters is 2. The van der Waals surface area contributed by atoms with Crippen LogP contribution >= 0.6 is 0 Å². The minimum Gasteiger partial charge on any atom is -0.460 e. The van der Waals surface area contributed by atoms with Crippen molar-refractivity contribution in [2.24, 2.45) is 52.8 Å². The number of fused-ring (bicyclic) bond motifs is 1. The van der Waals surface area contributed by atoms with E-state index in [1.807, 2.05) is 45.1 Å². The lowest BCUT2D eigenvalue weighted by molar-refractivity contribution is -0.177. The summed E-state index contributed by atoms with van der Waals surface area (Å²) >= 11 is 0. The molecule has 420 valence electrons. The van der Waals surface area contributed by atoms with E-state index in [0.717, 1.165) is 19.3 Å². The number of methoxy groups -OCH3 is 2. The number of carbonyl (C=O) groups excluding carboxylic acids is 6. The number of piperidine rings is 1. The monoisotopic (exact) mass is 1040 g/mol. The van der Waals surface area contributed by atoms with Crippen LogP contribution in [0.1, 0.15) is 160 Å². The highest BCUT2D eigenvalue weighted by atomic mass is 16.6.